The van der Waals surface area contributed by atoms with Crippen LogP contribution in [-0.4, -0.2) is 45.0 Å². The van der Waals surface area contributed by atoms with E-state index in [1.165, 1.54) is 0 Å². The number of rotatable bonds is 3. The van der Waals surface area contributed by atoms with Gasteiger partial charge in [0.25, 0.3) is 0 Å². The fourth-order valence-electron chi connectivity index (χ4n) is 2.60. The van der Waals surface area contributed by atoms with Gasteiger partial charge in [-0.05, 0) is 33.6 Å². The average Bonchev–Trinajstić information content (AvgIpc) is 2.90. The summed E-state index contributed by atoms with van der Waals surface area (Å²) in [5.41, 5.74) is 0.353. The number of aromatic nitrogens is 2. The lowest BCUT2D eigenvalue weighted by atomic mass is 9.94. The van der Waals surface area contributed by atoms with Crippen molar-refractivity contribution in [2.45, 2.75) is 45.8 Å². The second-order valence-corrected chi connectivity index (χ2v) is 6.10. The lowest BCUT2D eigenvalue weighted by molar-refractivity contribution is 0.0766. The molecule has 0 saturated carbocycles. The van der Waals surface area contributed by atoms with Gasteiger partial charge in [0.2, 0.25) is 0 Å². The van der Waals surface area contributed by atoms with E-state index in [2.05, 4.69) is 10.4 Å². The van der Waals surface area contributed by atoms with Gasteiger partial charge in [0.15, 0.2) is 5.82 Å². The maximum absolute atomic E-state index is 12.4. The Bertz CT molecular complexity index is 573. The molecule has 0 aromatic carbocycles. The third-order valence-electron chi connectivity index (χ3n) is 4.03. The van der Waals surface area contributed by atoms with Crippen LogP contribution >= 0.6 is 0 Å². The number of hydrogen-bond donors (Lipinski definition) is 2. The maximum Gasteiger partial charge on any atom is 0.323 e. The molecule has 2 rings (SSSR count). The highest BCUT2D eigenvalue weighted by molar-refractivity contribution is 5.89. The number of anilines is 1. The van der Waals surface area contributed by atoms with E-state index >= 15 is 0 Å². The van der Waals surface area contributed by atoms with Crippen molar-refractivity contribution >= 4 is 11.8 Å². The van der Waals surface area contributed by atoms with Crippen molar-refractivity contribution in [2.24, 2.45) is 5.92 Å². The minimum atomic E-state index is -0.426. The smallest absolute Gasteiger partial charge is 0.323 e. The number of nitrogens with zero attached hydrogens (tertiary/aromatic N) is 4. The van der Waals surface area contributed by atoms with Gasteiger partial charge in [-0.2, -0.15) is 10.4 Å². The molecule has 2 unspecified atom stereocenters. The minimum absolute atomic E-state index is 0.100. The number of hydrogen-bond acceptors (Lipinski definition) is 4. The molecule has 2 atom stereocenters. The monoisotopic (exact) mass is 305 g/mol. The Labute approximate surface area is 130 Å². The van der Waals surface area contributed by atoms with Crippen molar-refractivity contribution in [1.82, 2.24) is 14.7 Å². The molecule has 1 aromatic rings. The third-order valence-corrected chi connectivity index (χ3v) is 4.03. The molecular weight excluding hydrogens is 282 g/mol. The molecule has 1 fully saturated rings. The SMILES string of the molecule is CC(O)C1CCCN(C(=O)Nc2nn(C(C)C)cc2C#N)C1. The Balaban J connectivity index is 2.07. The Morgan fingerprint density at radius 2 is 2.27 bits per heavy atom. The van der Waals surface area contributed by atoms with Gasteiger partial charge in [0.1, 0.15) is 11.6 Å². The second-order valence-electron chi connectivity index (χ2n) is 6.10. The Hall–Kier alpha value is -2.07. The van der Waals surface area contributed by atoms with E-state index in [1.54, 1.807) is 22.7 Å². The van der Waals surface area contributed by atoms with Crippen LogP contribution in [0.1, 0.15) is 45.2 Å². The van der Waals surface area contributed by atoms with Gasteiger partial charge in [0.05, 0.1) is 6.10 Å². The number of carbonyl (C=O) groups is 1. The minimum Gasteiger partial charge on any atom is -0.393 e. The molecule has 0 spiro atoms. The molecule has 2 heterocycles. The first kappa shape index (κ1) is 16.3. The van der Waals surface area contributed by atoms with Gasteiger partial charge < -0.3 is 10.0 Å². The van der Waals surface area contributed by atoms with Crippen LogP contribution in [0.3, 0.4) is 0 Å². The number of aliphatic hydroxyl groups excluding tert-OH is 1. The zero-order chi connectivity index (χ0) is 16.3. The number of aliphatic hydroxyl groups is 1. The second kappa shape index (κ2) is 6.79. The van der Waals surface area contributed by atoms with E-state index in [1.807, 2.05) is 19.9 Å². The Morgan fingerprint density at radius 1 is 1.55 bits per heavy atom. The van der Waals surface area contributed by atoms with Gasteiger partial charge in [0, 0.05) is 31.2 Å². The largest absolute Gasteiger partial charge is 0.393 e. The van der Waals surface area contributed by atoms with E-state index in [-0.39, 0.29) is 18.0 Å². The number of amides is 2. The molecule has 22 heavy (non-hydrogen) atoms. The first-order valence-corrected chi connectivity index (χ1v) is 7.65. The summed E-state index contributed by atoms with van der Waals surface area (Å²) in [6, 6.07) is 1.90. The van der Waals surface area contributed by atoms with Crippen molar-refractivity contribution in [1.29, 1.82) is 5.26 Å². The number of likely N-dealkylation sites (tertiary alicyclic amines) is 1. The highest BCUT2D eigenvalue weighted by atomic mass is 16.3. The van der Waals surface area contributed by atoms with Crippen LogP contribution in [0.4, 0.5) is 10.6 Å². The maximum atomic E-state index is 12.4. The van der Waals surface area contributed by atoms with Crippen LogP contribution in [0.5, 0.6) is 0 Å². The van der Waals surface area contributed by atoms with Gasteiger partial charge in [-0.15, -0.1) is 0 Å². The molecule has 7 heteroatoms. The van der Waals surface area contributed by atoms with Gasteiger partial charge in [-0.1, -0.05) is 0 Å². The average molecular weight is 305 g/mol. The number of nitriles is 1. The van der Waals surface area contributed by atoms with Crippen molar-refractivity contribution in [3.05, 3.63) is 11.8 Å². The van der Waals surface area contributed by atoms with Crippen LogP contribution in [0.25, 0.3) is 0 Å². The summed E-state index contributed by atoms with van der Waals surface area (Å²) in [7, 11) is 0. The summed E-state index contributed by atoms with van der Waals surface area (Å²) in [5.74, 6) is 0.392. The molecule has 2 amide bonds. The molecule has 0 bridgehead atoms. The van der Waals surface area contributed by atoms with Gasteiger partial charge in [-0.3, -0.25) is 10.00 Å². The molecule has 2 N–H and O–H groups in total. The fraction of sp³-hybridized carbons (Fsp3) is 0.667. The molecule has 120 valence electrons. The van der Waals surface area contributed by atoms with Gasteiger partial charge >= 0.3 is 6.03 Å². The van der Waals surface area contributed by atoms with E-state index in [9.17, 15) is 9.90 Å². The Morgan fingerprint density at radius 3 is 2.86 bits per heavy atom. The molecule has 1 aliphatic heterocycles. The Kier molecular flexibility index (Phi) is 5.03. The van der Waals surface area contributed by atoms with Crippen LogP contribution in [0.15, 0.2) is 6.20 Å². The van der Waals surface area contributed by atoms with Crippen LogP contribution in [0, 0.1) is 17.2 Å². The molecule has 1 saturated heterocycles. The van der Waals surface area contributed by atoms with E-state index in [0.717, 1.165) is 12.8 Å². The molecule has 7 nitrogen and oxygen atoms in total. The standard InChI is InChI=1S/C15H23N5O2/c1-10(2)20-9-13(7-16)14(18-20)17-15(22)19-6-4-5-12(8-19)11(3)21/h9-12,21H,4-6,8H2,1-3H3,(H,17,18,22). The number of carbonyl (C=O) groups excluding carboxylic acids is 1. The molecule has 0 aliphatic carbocycles. The topological polar surface area (TPSA) is 94.2 Å². The first-order chi connectivity index (χ1) is 10.4. The van der Waals surface area contributed by atoms with Crippen molar-refractivity contribution in [2.75, 3.05) is 18.4 Å². The summed E-state index contributed by atoms with van der Waals surface area (Å²) >= 11 is 0. The third kappa shape index (κ3) is 3.57. The summed E-state index contributed by atoms with van der Waals surface area (Å²) in [6.07, 6.45) is 3.00. The highest BCUT2D eigenvalue weighted by Crippen LogP contribution is 2.21. The van der Waals surface area contributed by atoms with Crippen molar-refractivity contribution in [3.8, 4) is 6.07 Å². The lowest BCUT2D eigenvalue weighted by Crippen LogP contribution is -2.45. The lowest BCUT2D eigenvalue weighted by Gasteiger charge is -2.33. The fourth-order valence-corrected chi connectivity index (χ4v) is 2.60. The number of urea groups is 1. The van der Waals surface area contributed by atoms with Crippen molar-refractivity contribution in [3.63, 3.8) is 0 Å². The summed E-state index contributed by atoms with van der Waals surface area (Å²) < 4.78 is 1.66. The first-order valence-electron chi connectivity index (χ1n) is 7.65. The van der Waals surface area contributed by atoms with Crippen LogP contribution in [0.2, 0.25) is 0 Å². The van der Waals surface area contributed by atoms with Crippen LogP contribution < -0.4 is 5.32 Å². The molecular formula is C15H23N5O2. The molecule has 0 radical (unpaired) electrons. The highest BCUT2D eigenvalue weighted by Gasteiger charge is 2.27. The van der Waals surface area contributed by atoms with Gasteiger partial charge in [-0.25, -0.2) is 4.79 Å². The normalized spacial score (nSPS) is 19.8. The zero-order valence-electron chi connectivity index (χ0n) is 13.3. The summed E-state index contributed by atoms with van der Waals surface area (Å²) in [6.45, 7) is 6.84. The van der Waals surface area contributed by atoms with Crippen molar-refractivity contribution < 1.29 is 9.90 Å². The summed E-state index contributed by atoms with van der Waals surface area (Å²) in [5, 5.41) is 25.8. The number of piperidine rings is 1. The van der Waals surface area contributed by atoms with E-state index in [0.29, 0.717) is 24.5 Å². The van der Waals surface area contributed by atoms with E-state index in [4.69, 9.17) is 5.26 Å². The predicted octanol–water partition coefficient (Wildman–Crippen LogP) is 1.96. The predicted molar refractivity (Wildman–Crippen MR) is 82.3 cm³/mol. The van der Waals surface area contributed by atoms with E-state index < -0.39 is 6.10 Å². The quantitative estimate of drug-likeness (QED) is 0.892. The molecule has 1 aliphatic rings. The summed E-state index contributed by atoms with van der Waals surface area (Å²) in [4.78, 5) is 14.0. The zero-order valence-corrected chi connectivity index (χ0v) is 13.3. The van der Waals surface area contributed by atoms with Crippen LogP contribution in [-0.2, 0) is 0 Å². The molecule has 1 aromatic heterocycles. The number of nitrogens with one attached hydrogen (secondary N) is 1.